The van der Waals surface area contributed by atoms with Gasteiger partial charge in [0, 0.05) is 23.9 Å². The van der Waals surface area contributed by atoms with Crippen LogP contribution in [-0.2, 0) is 6.42 Å². The van der Waals surface area contributed by atoms with Gasteiger partial charge in [-0.15, -0.1) is 11.3 Å². The normalized spacial score (nSPS) is 12.3. The molecule has 0 amide bonds. The zero-order valence-corrected chi connectivity index (χ0v) is 11.4. The van der Waals surface area contributed by atoms with Crippen molar-refractivity contribution in [2.75, 3.05) is 0 Å². The minimum Gasteiger partial charge on any atom is -0.327 e. The molecule has 0 aliphatic heterocycles. The van der Waals surface area contributed by atoms with Crippen molar-refractivity contribution in [2.24, 2.45) is 5.73 Å². The third kappa shape index (κ3) is 3.15. The molecule has 0 spiro atoms. The summed E-state index contributed by atoms with van der Waals surface area (Å²) >= 11 is 1.49. The molecule has 0 radical (unpaired) electrons. The number of benzene rings is 1. The highest BCUT2D eigenvalue weighted by atomic mass is 32.1. The Bertz CT molecular complexity index is 583. The maximum absolute atomic E-state index is 11.0. The molecular weight excluding hydrogens is 262 g/mol. The number of aromatic nitrogens is 1. The molecule has 6 heteroatoms. The van der Waals surface area contributed by atoms with Crippen LogP contribution in [0.25, 0.3) is 11.3 Å². The number of para-hydroxylation sites is 1. The van der Waals surface area contributed by atoms with Gasteiger partial charge in [-0.25, -0.2) is 4.98 Å². The van der Waals surface area contributed by atoms with Crippen molar-refractivity contribution >= 4 is 17.0 Å². The fourth-order valence-corrected chi connectivity index (χ4v) is 2.64. The lowest BCUT2D eigenvalue weighted by Gasteiger charge is -2.04. The van der Waals surface area contributed by atoms with Crippen LogP contribution in [0.3, 0.4) is 0 Å². The monoisotopic (exact) mass is 277 g/mol. The van der Waals surface area contributed by atoms with Gasteiger partial charge in [-0.05, 0) is 12.5 Å². The molecule has 1 atom stereocenters. The summed E-state index contributed by atoms with van der Waals surface area (Å²) in [6, 6.07) is 6.73. The number of nitrogens with two attached hydrogens (primary N) is 1. The molecule has 0 fully saturated rings. The number of nitrogens with zero attached hydrogens (tertiary/aromatic N) is 2. The first-order valence-corrected chi connectivity index (χ1v) is 6.93. The molecule has 2 aromatic rings. The number of hydrogen-bond donors (Lipinski definition) is 1. The van der Waals surface area contributed by atoms with Gasteiger partial charge < -0.3 is 5.73 Å². The molecule has 0 aliphatic rings. The maximum atomic E-state index is 11.0. The van der Waals surface area contributed by atoms with Crippen molar-refractivity contribution in [3.8, 4) is 11.3 Å². The average molecular weight is 277 g/mol. The van der Waals surface area contributed by atoms with Crippen LogP contribution >= 0.6 is 11.3 Å². The minimum atomic E-state index is -0.383. The molecule has 19 heavy (non-hydrogen) atoms. The molecule has 100 valence electrons. The van der Waals surface area contributed by atoms with Crippen LogP contribution in [0.15, 0.2) is 29.6 Å². The summed E-state index contributed by atoms with van der Waals surface area (Å²) in [5.74, 6) is 0. The molecular formula is C13H15N3O2S. The zero-order chi connectivity index (χ0) is 13.8. The van der Waals surface area contributed by atoms with Gasteiger partial charge >= 0.3 is 0 Å². The van der Waals surface area contributed by atoms with E-state index in [-0.39, 0.29) is 16.7 Å². The molecule has 0 bridgehead atoms. The van der Waals surface area contributed by atoms with Crippen molar-refractivity contribution in [3.05, 3.63) is 44.8 Å². The number of hydrogen-bond acceptors (Lipinski definition) is 5. The molecule has 0 saturated heterocycles. The van der Waals surface area contributed by atoms with E-state index in [9.17, 15) is 10.1 Å². The Morgan fingerprint density at radius 3 is 2.89 bits per heavy atom. The van der Waals surface area contributed by atoms with Gasteiger partial charge in [0.2, 0.25) is 0 Å². The van der Waals surface area contributed by atoms with Crippen LogP contribution in [0.1, 0.15) is 18.4 Å². The van der Waals surface area contributed by atoms with Gasteiger partial charge in [0.25, 0.3) is 5.69 Å². The van der Waals surface area contributed by atoms with Crippen LogP contribution < -0.4 is 5.73 Å². The van der Waals surface area contributed by atoms with Crippen LogP contribution in [0.4, 0.5) is 5.69 Å². The minimum absolute atomic E-state index is 0.0825. The Hall–Kier alpha value is -1.79. The second-order valence-electron chi connectivity index (χ2n) is 4.27. The predicted molar refractivity (Wildman–Crippen MR) is 76.2 cm³/mol. The molecule has 2 N–H and O–H groups in total. The third-order valence-electron chi connectivity index (χ3n) is 2.89. The van der Waals surface area contributed by atoms with E-state index in [0.717, 1.165) is 11.4 Å². The Morgan fingerprint density at radius 2 is 2.21 bits per heavy atom. The quantitative estimate of drug-likeness (QED) is 0.672. The van der Waals surface area contributed by atoms with Crippen LogP contribution in [0.5, 0.6) is 0 Å². The highest BCUT2D eigenvalue weighted by Crippen LogP contribution is 2.30. The topological polar surface area (TPSA) is 82.0 Å². The van der Waals surface area contributed by atoms with Gasteiger partial charge in [0.1, 0.15) is 0 Å². The van der Waals surface area contributed by atoms with Crippen LogP contribution in [0.2, 0.25) is 0 Å². The van der Waals surface area contributed by atoms with E-state index >= 15 is 0 Å². The molecule has 1 aromatic carbocycles. The number of nitro groups is 1. The van der Waals surface area contributed by atoms with Crippen molar-refractivity contribution < 1.29 is 4.92 Å². The molecule has 1 unspecified atom stereocenters. The van der Waals surface area contributed by atoms with E-state index in [0.29, 0.717) is 17.7 Å². The molecule has 0 saturated carbocycles. The van der Waals surface area contributed by atoms with Crippen molar-refractivity contribution in [1.82, 2.24) is 4.98 Å². The van der Waals surface area contributed by atoms with E-state index in [1.165, 1.54) is 17.4 Å². The zero-order valence-electron chi connectivity index (χ0n) is 10.6. The van der Waals surface area contributed by atoms with Crippen molar-refractivity contribution in [2.45, 2.75) is 25.8 Å². The number of rotatable bonds is 5. The first-order chi connectivity index (χ1) is 9.11. The summed E-state index contributed by atoms with van der Waals surface area (Å²) < 4.78 is 0. The molecule has 5 nitrogen and oxygen atoms in total. The van der Waals surface area contributed by atoms with E-state index in [1.807, 2.05) is 12.3 Å². The highest BCUT2D eigenvalue weighted by Gasteiger charge is 2.17. The summed E-state index contributed by atoms with van der Waals surface area (Å²) in [6.07, 6.45) is 1.60. The highest BCUT2D eigenvalue weighted by molar-refractivity contribution is 7.09. The lowest BCUT2D eigenvalue weighted by molar-refractivity contribution is -0.384. The Morgan fingerprint density at radius 1 is 1.47 bits per heavy atom. The molecule has 1 aromatic heterocycles. The number of thiazole rings is 1. The lowest BCUT2D eigenvalue weighted by atomic mass is 10.1. The van der Waals surface area contributed by atoms with Crippen molar-refractivity contribution in [3.63, 3.8) is 0 Å². The van der Waals surface area contributed by atoms with Crippen LogP contribution in [0, 0.1) is 10.1 Å². The summed E-state index contributed by atoms with van der Waals surface area (Å²) in [6.45, 7) is 2.03. The van der Waals surface area contributed by atoms with Crippen LogP contribution in [-0.4, -0.2) is 15.9 Å². The van der Waals surface area contributed by atoms with Gasteiger partial charge in [-0.2, -0.15) is 0 Å². The molecule has 0 aliphatic carbocycles. The Labute approximate surface area is 115 Å². The Balaban J connectivity index is 2.30. The fourth-order valence-electron chi connectivity index (χ4n) is 1.75. The predicted octanol–water partition coefficient (Wildman–Crippen LogP) is 3.00. The number of nitro benzene ring substituents is 1. The summed E-state index contributed by atoms with van der Waals surface area (Å²) in [7, 11) is 0. The standard InChI is InChI=1S/C13H15N3O2S/c1-2-9(14)7-13-15-11(8-19-13)10-5-3-4-6-12(10)16(17)18/h3-6,8-9H,2,7,14H2,1H3. The Kier molecular flexibility index (Phi) is 4.24. The van der Waals surface area contributed by atoms with E-state index in [4.69, 9.17) is 5.73 Å². The van der Waals surface area contributed by atoms with Gasteiger partial charge in [-0.1, -0.05) is 19.1 Å². The fraction of sp³-hybridized carbons (Fsp3) is 0.308. The molecule has 1 heterocycles. The largest absolute Gasteiger partial charge is 0.327 e. The van der Waals surface area contributed by atoms with E-state index in [1.54, 1.807) is 18.2 Å². The lowest BCUT2D eigenvalue weighted by Crippen LogP contribution is -2.21. The average Bonchev–Trinajstić information content (AvgIpc) is 2.86. The third-order valence-corrected chi connectivity index (χ3v) is 3.76. The summed E-state index contributed by atoms with van der Waals surface area (Å²) in [4.78, 5) is 15.0. The second-order valence-corrected chi connectivity index (χ2v) is 5.22. The summed E-state index contributed by atoms with van der Waals surface area (Å²) in [5.41, 5.74) is 7.18. The maximum Gasteiger partial charge on any atom is 0.278 e. The first-order valence-electron chi connectivity index (χ1n) is 6.05. The van der Waals surface area contributed by atoms with Crippen molar-refractivity contribution in [1.29, 1.82) is 0 Å². The van der Waals surface area contributed by atoms with E-state index in [2.05, 4.69) is 4.98 Å². The SMILES string of the molecule is CCC(N)Cc1nc(-c2ccccc2[N+](=O)[O-])cs1. The van der Waals surface area contributed by atoms with E-state index < -0.39 is 0 Å². The first kappa shape index (κ1) is 13.6. The van der Waals surface area contributed by atoms with Gasteiger partial charge in [0.05, 0.1) is 21.2 Å². The summed E-state index contributed by atoms with van der Waals surface area (Å²) in [5, 5.41) is 13.8. The molecule has 2 rings (SSSR count). The van der Waals surface area contributed by atoms with Gasteiger partial charge in [0.15, 0.2) is 0 Å². The van der Waals surface area contributed by atoms with Gasteiger partial charge in [-0.3, -0.25) is 10.1 Å². The smallest absolute Gasteiger partial charge is 0.278 e. The second kappa shape index (κ2) is 5.90.